The number of thiazole rings is 1. The van der Waals surface area contributed by atoms with Crippen LogP contribution in [0.4, 0.5) is 11.4 Å². The molecular formula is C19H18ClN3OS. The zero-order valence-corrected chi connectivity index (χ0v) is 15.5. The number of aryl methyl sites for hydroxylation is 1. The number of rotatable bonds is 5. The van der Waals surface area contributed by atoms with Gasteiger partial charge in [0.2, 0.25) is 5.91 Å². The number of para-hydroxylation sites is 1. The van der Waals surface area contributed by atoms with Crippen LogP contribution in [0.2, 0.25) is 5.02 Å². The highest BCUT2D eigenvalue weighted by Gasteiger charge is 2.14. The van der Waals surface area contributed by atoms with Crippen LogP contribution < -0.4 is 10.6 Å². The fraction of sp³-hybridized carbons (Fsp3) is 0.158. The van der Waals surface area contributed by atoms with E-state index in [9.17, 15) is 4.79 Å². The van der Waals surface area contributed by atoms with E-state index in [1.54, 1.807) is 23.5 Å². The van der Waals surface area contributed by atoms with Crippen LogP contribution in [-0.4, -0.2) is 16.9 Å². The van der Waals surface area contributed by atoms with Crippen LogP contribution >= 0.6 is 22.9 Å². The number of aromatic nitrogens is 1. The van der Waals surface area contributed by atoms with Crippen molar-refractivity contribution in [3.05, 3.63) is 63.9 Å². The minimum absolute atomic E-state index is 0.146. The van der Waals surface area contributed by atoms with Gasteiger partial charge in [0, 0.05) is 16.6 Å². The number of carbonyl (C=O) groups excluding carboxylic acids is 1. The maximum Gasteiger partial charge on any atom is 0.246 e. The summed E-state index contributed by atoms with van der Waals surface area (Å²) in [5.74, 6) is -0.146. The van der Waals surface area contributed by atoms with E-state index >= 15 is 0 Å². The zero-order valence-electron chi connectivity index (χ0n) is 13.9. The van der Waals surface area contributed by atoms with E-state index in [-0.39, 0.29) is 5.91 Å². The Bertz CT molecular complexity index is 876. The maximum atomic E-state index is 12.3. The quantitative estimate of drug-likeness (QED) is 0.647. The first-order valence-corrected chi connectivity index (χ1v) is 9.13. The van der Waals surface area contributed by atoms with E-state index < -0.39 is 6.04 Å². The number of carbonyl (C=O) groups is 1. The molecule has 0 spiro atoms. The Hall–Kier alpha value is -2.37. The number of nitrogens with one attached hydrogen (secondary N) is 2. The molecule has 1 aromatic heterocycles. The predicted octanol–water partition coefficient (Wildman–Crippen LogP) is 5.21. The average molecular weight is 372 g/mol. The molecular weight excluding hydrogens is 354 g/mol. The van der Waals surface area contributed by atoms with Crippen LogP contribution in [0.5, 0.6) is 0 Å². The van der Waals surface area contributed by atoms with Gasteiger partial charge < -0.3 is 10.6 Å². The summed E-state index contributed by atoms with van der Waals surface area (Å²) >= 11 is 7.70. The van der Waals surface area contributed by atoms with Crippen LogP contribution in [0.15, 0.2) is 53.9 Å². The molecule has 0 saturated heterocycles. The van der Waals surface area contributed by atoms with Crippen LogP contribution in [0, 0.1) is 6.92 Å². The summed E-state index contributed by atoms with van der Waals surface area (Å²) in [7, 11) is 0. The van der Waals surface area contributed by atoms with Crippen molar-refractivity contribution < 1.29 is 4.79 Å². The molecule has 1 amide bonds. The second kappa shape index (κ2) is 7.68. The second-order valence-corrected chi connectivity index (χ2v) is 7.13. The number of hydrogen-bond acceptors (Lipinski definition) is 4. The number of anilines is 2. The fourth-order valence-electron chi connectivity index (χ4n) is 2.35. The van der Waals surface area contributed by atoms with Gasteiger partial charge in [-0.2, -0.15) is 0 Å². The first kappa shape index (κ1) is 17.5. The van der Waals surface area contributed by atoms with E-state index in [0.29, 0.717) is 10.7 Å². The lowest BCUT2D eigenvalue weighted by atomic mass is 10.1. The number of nitrogens with zero attached hydrogens (tertiary/aromatic N) is 1. The van der Waals surface area contributed by atoms with Crippen molar-refractivity contribution in [1.82, 2.24) is 4.98 Å². The van der Waals surface area contributed by atoms with E-state index in [4.69, 9.17) is 11.6 Å². The molecule has 3 rings (SSSR count). The number of hydrogen-bond donors (Lipinski definition) is 2. The maximum absolute atomic E-state index is 12.3. The Labute approximate surface area is 155 Å². The molecule has 2 aromatic carbocycles. The molecule has 0 aliphatic rings. The van der Waals surface area contributed by atoms with Gasteiger partial charge in [0.25, 0.3) is 0 Å². The first-order chi connectivity index (χ1) is 12.0. The summed E-state index contributed by atoms with van der Waals surface area (Å²) in [5.41, 5.74) is 3.51. The summed E-state index contributed by atoms with van der Waals surface area (Å²) < 4.78 is 0. The molecule has 2 N–H and O–H groups in total. The van der Waals surface area contributed by atoms with Gasteiger partial charge in [0.1, 0.15) is 6.04 Å². The Kier molecular flexibility index (Phi) is 5.36. The fourth-order valence-corrected chi connectivity index (χ4v) is 3.16. The summed E-state index contributed by atoms with van der Waals surface area (Å²) in [6, 6.07) is 14.7. The lowest BCUT2D eigenvalue weighted by molar-refractivity contribution is -0.116. The van der Waals surface area contributed by atoms with Gasteiger partial charge in [-0.05, 0) is 38.1 Å². The Morgan fingerprint density at radius 2 is 1.88 bits per heavy atom. The van der Waals surface area contributed by atoms with Gasteiger partial charge in [0.05, 0.1) is 21.4 Å². The molecule has 25 heavy (non-hydrogen) atoms. The molecule has 1 atom stereocenters. The van der Waals surface area contributed by atoms with Crippen molar-refractivity contribution in [1.29, 1.82) is 0 Å². The number of halogens is 1. The van der Waals surface area contributed by atoms with Gasteiger partial charge in [-0.25, -0.2) is 4.98 Å². The van der Waals surface area contributed by atoms with Crippen LogP contribution in [-0.2, 0) is 4.79 Å². The van der Waals surface area contributed by atoms with E-state index in [2.05, 4.69) is 15.6 Å². The Morgan fingerprint density at radius 3 is 2.52 bits per heavy atom. The monoisotopic (exact) mass is 371 g/mol. The van der Waals surface area contributed by atoms with Gasteiger partial charge in [-0.3, -0.25) is 4.79 Å². The molecule has 0 radical (unpaired) electrons. The minimum atomic E-state index is -0.399. The molecule has 0 bridgehead atoms. The van der Waals surface area contributed by atoms with Gasteiger partial charge in [-0.15, -0.1) is 11.3 Å². The smallest absolute Gasteiger partial charge is 0.246 e. The van der Waals surface area contributed by atoms with Crippen molar-refractivity contribution in [3.8, 4) is 11.3 Å². The van der Waals surface area contributed by atoms with Crippen LogP contribution in [0.1, 0.15) is 11.9 Å². The first-order valence-electron chi connectivity index (χ1n) is 7.87. The second-order valence-electron chi connectivity index (χ2n) is 5.66. The van der Waals surface area contributed by atoms with Gasteiger partial charge in [0.15, 0.2) is 0 Å². The van der Waals surface area contributed by atoms with Gasteiger partial charge in [-0.1, -0.05) is 35.9 Å². The van der Waals surface area contributed by atoms with E-state index in [0.717, 1.165) is 22.0 Å². The van der Waals surface area contributed by atoms with Crippen molar-refractivity contribution in [2.24, 2.45) is 0 Å². The molecule has 0 fully saturated rings. The Morgan fingerprint density at radius 1 is 1.16 bits per heavy atom. The largest absolute Gasteiger partial charge is 0.374 e. The third-order valence-electron chi connectivity index (χ3n) is 3.71. The van der Waals surface area contributed by atoms with Crippen molar-refractivity contribution in [2.45, 2.75) is 19.9 Å². The van der Waals surface area contributed by atoms with Crippen molar-refractivity contribution in [3.63, 3.8) is 0 Å². The lowest BCUT2D eigenvalue weighted by Gasteiger charge is -2.16. The molecule has 4 nitrogen and oxygen atoms in total. The molecule has 0 aliphatic heterocycles. The van der Waals surface area contributed by atoms with Gasteiger partial charge >= 0.3 is 0 Å². The van der Waals surface area contributed by atoms with E-state index in [1.807, 2.05) is 55.6 Å². The topological polar surface area (TPSA) is 54.0 Å². The third kappa shape index (κ3) is 4.38. The standard InChI is InChI=1S/C19H18ClN3OS/c1-12(19(24)23-17-6-4-3-5-16(17)20)21-15-9-7-14(8-10-15)18-11-25-13(2)22-18/h3-12,21H,1-2H3,(H,23,24)/t12-/m0/s1. The Balaban J connectivity index is 1.63. The highest BCUT2D eigenvalue weighted by atomic mass is 35.5. The molecule has 1 heterocycles. The normalized spacial score (nSPS) is 11.8. The van der Waals surface area contributed by atoms with Crippen molar-refractivity contribution >= 4 is 40.2 Å². The summed E-state index contributed by atoms with van der Waals surface area (Å²) in [5, 5.41) is 9.62. The molecule has 6 heteroatoms. The SMILES string of the molecule is Cc1nc(-c2ccc(N[C@@H](C)C(=O)Nc3ccccc3Cl)cc2)cs1. The van der Waals surface area contributed by atoms with Crippen LogP contribution in [0.25, 0.3) is 11.3 Å². The van der Waals surface area contributed by atoms with Crippen LogP contribution in [0.3, 0.4) is 0 Å². The minimum Gasteiger partial charge on any atom is -0.374 e. The molecule has 0 unspecified atom stereocenters. The van der Waals surface area contributed by atoms with E-state index in [1.165, 1.54) is 0 Å². The predicted molar refractivity (Wildman–Crippen MR) is 105 cm³/mol. The average Bonchev–Trinajstić information content (AvgIpc) is 3.04. The molecule has 0 saturated carbocycles. The molecule has 0 aliphatic carbocycles. The highest BCUT2D eigenvalue weighted by molar-refractivity contribution is 7.09. The molecule has 128 valence electrons. The summed E-state index contributed by atoms with van der Waals surface area (Å²) in [6.45, 7) is 3.80. The zero-order chi connectivity index (χ0) is 17.8. The number of benzene rings is 2. The summed E-state index contributed by atoms with van der Waals surface area (Å²) in [6.07, 6.45) is 0. The highest BCUT2D eigenvalue weighted by Crippen LogP contribution is 2.24. The lowest BCUT2D eigenvalue weighted by Crippen LogP contribution is -2.31. The third-order valence-corrected chi connectivity index (χ3v) is 4.81. The molecule has 3 aromatic rings. The van der Waals surface area contributed by atoms with Crippen molar-refractivity contribution in [2.75, 3.05) is 10.6 Å². The number of amides is 1. The summed E-state index contributed by atoms with van der Waals surface area (Å²) in [4.78, 5) is 16.8.